The van der Waals surface area contributed by atoms with Gasteiger partial charge in [-0.25, -0.2) is 9.97 Å². The highest BCUT2D eigenvalue weighted by atomic mass is 15.1. The Hall–Kier alpha value is -4.58. The Morgan fingerprint density at radius 2 is 0.938 bits per heavy atom. The van der Waals surface area contributed by atoms with E-state index in [9.17, 15) is 0 Å². The van der Waals surface area contributed by atoms with E-state index in [0.29, 0.717) is 0 Å². The van der Waals surface area contributed by atoms with Crippen LogP contribution in [0.5, 0.6) is 0 Å². The number of fused-ring (bicyclic) bond motifs is 2. The van der Waals surface area contributed by atoms with E-state index in [1.165, 1.54) is 0 Å². The van der Waals surface area contributed by atoms with Gasteiger partial charge in [0.25, 0.3) is 0 Å². The van der Waals surface area contributed by atoms with E-state index >= 15 is 0 Å². The lowest BCUT2D eigenvalue weighted by atomic mass is 10.0. The number of hydrogen-bond donors (Lipinski definition) is 4. The van der Waals surface area contributed by atoms with Gasteiger partial charge in [0.2, 0.25) is 11.9 Å². The molecule has 6 heteroatoms. The molecule has 154 valence electrons. The molecule has 2 aromatic heterocycles. The summed E-state index contributed by atoms with van der Waals surface area (Å²) in [6.45, 7) is 0. The lowest BCUT2D eigenvalue weighted by Crippen LogP contribution is -1.90. The molecule has 0 saturated carbocycles. The van der Waals surface area contributed by atoms with E-state index in [1.807, 2.05) is 72.8 Å². The van der Waals surface area contributed by atoms with Crippen molar-refractivity contribution in [1.82, 2.24) is 19.9 Å². The number of para-hydroxylation sites is 2. The van der Waals surface area contributed by atoms with Gasteiger partial charge in [0.05, 0.1) is 22.1 Å². The van der Waals surface area contributed by atoms with Crippen molar-refractivity contribution in [1.29, 1.82) is 0 Å². The fourth-order valence-electron chi connectivity index (χ4n) is 3.81. The predicted octanol–water partition coefficient (Wildman–Crippen LogP) is 6.59. The second kappa shape index (κ2) is 7.59. The first-order valence-corrected chi connectivity index (χ1v) is 10.4. The van der Waals surface area contributed by atoms with Gasteiger partial charge in [-0.05, 0) is 59.7 Å². The molecule has 0 saturated heterocycles. The summed E-state index contributed by atoms with van der Waals surface area (Å²) in [6, 6.07) is 32.5. The highest BCUT2D eigenvalue weighted by Gasteiger charge is 2.08. The fourth-order valence-corrected chi connectivity index (χ4v) is 3.81. The van der Waals surface area contributed by atoms with Gasteiger partial charge in [0.15, 0.2) is 0 Å². The lowest BCUT2D eigenvalue weighted by molar-refractivity contribution is 1.31. The van der Waals surface area contributed by atoms with Crippen LogP contribution in [0.1, 0.15) is 0 Å². The maximum Gasteiger partial charge on any atom is 0.205 e. The summed E-state index contributed by atoms with van der Waals surface area (Å²) in [5.74, 6) is 1.45. The Bertz CT molecular complexity index is 1400. The van der Waals surface area contributed by atoms with Crippen molar-refractivity contribution < 1.29 is 0 Å². The van der Waals surface area contributed by atoms with Crippen molar-refractivity contribution in [2.24, 2.45) is 0 Å². The number of nitrogens with zero attached hydrogens (tertiary/aromatic N) is 2. The van der Waals surface area contributed by atoms with Crippen molar-refractivity contribution in [3.05, 3.63) is 97.1 Å². The van der Waals surface area contributed by atoms with Crippen LogP contribution in [-0.2, 0) is 0 Å². The summed E-state index contributed by atoms with van der Waals surface area (Å²) in [6.07, 6.45) is 0. The van der Waals surface area contributed by atoms with Crippen molar-refractivity contribution >= 4 is 45.3 Å². The minimum absolute atomic E-state index is 0.726. The number of H-pyrrole nitrogens is 2. The Kier molecular flexibility index (Phi) is 4.32. The normalized spacial score (nSPS) is 11.1. The number of anilines is 4. The zero-order valence-corrected chi connectivity index (χ0v) is 17.1. The van der Waals surface area contributed by atoms with Crippen LogP contribution < -0.4 is 10.6 Å². The highest BCUT2D eigenvalue weighted by Crippen LogP contribution is 2.28. The number of aromatic amines is 2. The van der Waals surface area contributed by atoms with Crippen molar-refractivity contribution in [2.75, 3.05) is 10.6 Å². The van der Waals surface area contributed by atoms with E-state index in [1.54, 1.807) is 0 Å². The predicted molar refractivity (Wildman–Crippen MR) is 131 cm³/mol. The number of aromatic nitrogens is 4. The average molecular weight is 416 g/mol. The van der Waals surface area contributed by atoms with Crippen LogP contribution in [-0.4, -0.2) is 19.9 Å². The minimum atomic E-state index is 0.726. The third-order valence-electron chi connectivity index (χ3n) is 5.37. The minimum Gasteiger partial charge on any atom is -0.326 e. The molecule has 2 heterocycles. The second-order valence-electron chi connectivity index (χ2n) is 7.62. The number of rotatable bonds is 5. The first kappa shape index (κ1) is 18.2. The van der Waals surface area contributed by atoms with Crippen LogP contribution in [0.15, 0.2) is 97.1 Å². The monoisotopic (exact) mass is 416 g/mol. The van der Waals surface area contributed by atoms with Crippen molar-refractivity contribution in [3.63, 3.8) is 0 Å². The van der Waals surface area contributed by atoms with Crippen molar-refractivity contribution in [3.8, 4) is 11.1 Å². The molecular formula is C26H20N6. The van der Waals surface area contributed by atoms with E-state index in [0.717, 1.165) is 56.5 Å². The van der Waals surface area contributed by atoms with Gasteiger partial charge in [-0.15, -0.1) is 0 Å². The summed E-state index contributed by atoms with van der Waals surface area (Å²) in [5.41, 5.74) is 8.03. The zero-order chi connectivity index (χ0) is 21.3. The smallest absolute Gasteiger partial charge is 0.205 e. The molecule has 4 N–H and O–H groups in total. The number of imidazole rings is 2. The van der Waals surface area contributed by atoms with E-state index in [4.69, 9.17) is 0 Å². The van der Waals surface area contributed by atoms with Crippen LogP contribution in [0.25, 0.3) is 33.2 Å². The molecule has 6 rings (SSSR count). The average Bonchev–Trinajstić information content (AvgIpc) is 3.42. The summed E-state index contributed by atoms with van der Waals surface area (Å²) in [4.78, 5) is 16.0. The Morgan fingerprint density at radius 1 is 0.500 bits per heavy atom. The molecule has 0 atom stereocenters. The third kappa shape index (κ3) is 3.54. The molecule has 0 unspecified atom stereocenters. The molecule has 0 spiro atoms. The van der Waals surface area contributed by atoms with Gasteiger partial charge in [0, 0.05) is 11.4 Å². The highest BCUT2D eigenvalue weighted by molar-refractivity contribution is 5.88. The Balaban J connectivity index is 1.29. The number of benzene rings is 4. The standard InChI is InChI=1S/C26H20N6/c1-3-7-19(8-4-1)27-25-29-21-13-11-17(15-23(21)31-25)18-12-14-22-24(16-18)32-26(30-22)28-20-9-5-2-6-10-20/h1-16H,(H2,27,29,31)(H2,28,30,32). The van der Waals surface area contributed by atoms with E-state index < -0.39 is 0 Å². The molecule has 0 amide bonds. The fraction of sp³-hybridized carbons (Fsp3) is 0. The Labute approximate surface area is 184 Å². The SMILES string of the molecule is c1ccc(Nc2nc3ccc(-c4ccc5nc(Nc6ccccc6)[nH]c5c4)cc3[nH]2)cc1. The molecule has 0 radical (unpaired) electrons. The van der Waals surface area contributed by atoms with Crippen molar-refractivity contribution in [2.45, 2.75) is 0 Å². The number of nitrogens with one attached hydrogen (secondary N) is 4. The molecule has 0 fully saturated rings. The molecule has 6 aromatic rings. The first-order chi connectivity index (χ1) is 15.8. The largest absolute Gasteiger partial charge is 0.326 e. The van der Waals surface area contributed by atoms with Gasteiger partial charge < -0.3 is 20.6 Å². The molecule has 0 aliphatic carbocycles. The van der Waals surface area contributed by atoms with Gasteiger partial charge in [-0.3, -0.25) is 0 Å². The van der Waals surface area contributed by atoms with Crippen LogP contribution >= 0.6 is 0 Å². The quantitative estimate of drug-likeness (QED) is 0.255. The summed E-state index contributed by atoms with van der Waals surface area (Å²) >= 11 is 0. The molecule has 0 bridgehead atoms. The molecular weight excluding hydrogens is 396 g/mol. The summed E-state index contributed by atoms with van der Waals surface area (Å²) < 4.78 is 0. The van der Waals surface area contributed by atoms with Gasteiger partial charge in [-0.1, -0.05) is 48.5 Å². The molecule has 32 heavy (non-hydrogen) atoms. The molecule has 6 nitrogen and oxygen atoms in total. The second-order valence-corrected chi connectivity index (χ2v) is 7.62. The molecule has 0 aliphatic rings. The van der Waals surface area contributed by atoms with Crippen LogP contribution in [0.2, 0.25) is 0 Å². The lowest BCUT2D eigenvalue weighted by Gasteiger charge is -2.02. The van der Waals surface area contributed by atoms with E-state index in [-0.39, 0.29) is 0 Å². The first-order valence-electron chi connectivity index (χ1n) is 10.4. The third-order valence-corrected chi connectivity index (χ3v) is 5.37. The van der Waals surface area contributed by atoms with Gasteiger partial charge >= 0.3 is 0 Å². The van der Waals surface area contributed by atoms with E-state index in [2.05, 4.69) is 54.8 Å². The zero-order valence-electron chi connectivity index (χ0n) is 17.1. The van der Waals surface area contributed by atoms with Crippen LogP contribution in [0, 0.1) is 0 Å². The van der Waals surface area contributed by atoms with Gasteiger partial charge in [-0.2, -0.15) is 0 Å². The Morgan fingerprint density at radius 3 is 1.38 bits per heavy atom. The van der Waals surface area contributed by atoms with Crippen LogP contribution in [0.4, 0.5) is 23.3 Å². The maximum atomic E-state index is 4.64. The topological polar surface area (TPSA) is 81.4 Å². The molecule has 4 aromatic carbocycles. The van der Waals surface area contributed by atoms with Crippen LogP contribution in [0.3, 0.4) is 0 Å². The number of hydrogen-bond acceptors (Lipinski definition) is 4. The summed E-state index contributed by atoms with van der Waals surface area (Å²) in [5, 5.41) is 6.63. The summed E-state index contributed by atoms with van der Waals surface area (Å²) in [7, 11) is 0. The maximum absolute atomic E-state index is 4.64. The molecule has 0 aliphatic heterocycles. The van der Waals surface area contributed by atoms with Gasteiger partial charge in [0.1, 0.15) is 0 Å².